The molecule has 1 nitrogen and oxygen atoms in total. The minimum absolute atomic E-state index is 0.863. The van der Waals surface area contributed by atoms with Crippen LogP contribution in [0, 0.1) is 0 Å². The first-order valence-electron chi connectivity index (χ1n) is 5.02. The highest BCUT2D eigenvalue weighted by molar-refractivity contribution is 7.11. The summed E-state index contributed by atoms with van der Waals surface area (Å²) in [6.07, 6.45) is 2.97. The van der Waals surface area contributed by atoms with Crippen LogP contribution in [0.2, 0.25) is 0 Å². The second kappa shape index (κ2) is 5.47. The van der Waals surface area contributed by atoms with Crippen molar-refractivity contribution in [3.8, 4) is 0 Å². The quantitative estimate of drug-likeness (QED) is 0.693. The van der Waals surface area contributed by atoms with Gasteiger partial charge in [0.05, 0.1) is 0 Å². The summed E-state index contributed by atoms with van der Waals surface area (Å²) >= 11 is 1.72. The summed E-state index contributed by atoms with van der Waals surface area (Å²) in [5.41, 5.74) is 1.35. The lowest BCUT2D eigenvalue weighted by Gasteiger charge is -1.95. The molecule has 0 radical (unpaired) electrons. The molecule has 0 amide bonds. The van der Waals surface area contributed by atoms with Gasteiger partial charge in [0.15, 0.2) is 0 Å². The summed E-state index contributed by atoms with van der Waals surface area (Å²) in [5.74, 6) is 0. The number of nitrogens with zero attached hydrogens (tertiary/aromatic N) is 1. The van der Waals surface area contributed by atoms with Crippen molar-refractivity contribution in [1.29, 1.82) is 0 Å². The summed E-state index contributed by atoms with van der Waals surface area (Å²) < 4.78 is 0. The minimum atomic E-state index is 0.863. The fraction of sp³-hybridized carbons (Fsp3) is 0.154. The molecule has 1 aromatic carbocycles. The van der Waals surface area contributed by atoms with Gasteiger partial charge in [-0.1, -0.05) is 36.4 Å². The normalized spacial score (nSPS) is 10.9. The van der Waals surface area contributed by atoms with Gasteiger partial charge in [0, 0.05) is 17.6 Å². The van der Waals surface area contributed by atoms with Gasteiger partial charge in [-0.2, -0.15) is 0 Å². The minimum Gasteiger partial charge on any atom is -0.291 e. The zero-order chi connectivity index (χ0) is 10.3. The molecule has 0 saturated carbocycles. The number of benzene rings is 1. The van der Waals surface area contributed by atoms with Crippen molar-refractivity contribution in [3.63, 3.8) is 0 Å². The Morgan fingerprint density at radius 3 is 2.67 bits per heavy atom. The van der Waals surface area contributed by atoms with Crippen LogP contribution in [0.5, 0.6) is 0 Å². The van der Waals surface area contributed by atoms with E-state index in [2.05, 4.69) is 40.7 Å². The molecule has 1 heterocycles. The smallest absolute Gasteiger partial charge is 0.0448 e. The first-order valence-corrected chi connectivity index (χ1v) is 5.90. The van der Waals surface area contributed by atoms with E-state index < -0.39 is 0 Å². The zero-order valence-electron chi connectivity index (χ0n) is 8.47. The Labute approximate surface area is 94.1 Å². The first kappa shape index (κ1) is 10.1. The molecule has 0 aliphatic rings. The van der Waals surface area contributed by atoms with E-state index in [1.165, 1.54) is 10.4 Å². The van der Waals surface area contributed by atoms with Crippen molar-refractivity contribution in [2.45, 2.75) is 6.42 Å². The third-order valence-electron chi connectivity index (χ3n) is 2.13. The standard InChI is InChI=1S/C13H13NS/c1-2-5-12(6-3-1)8-9-14-11-13-7-4-10-15-13/h1-7,10-11H,8-9H2. The van der Waals surface area contributed by atoms with E-state index in [-0.39, 0.29) is 0 Å². The first-order chi connectivity index (χ1) is 7.45. The van der Waals surface area contributed by atoms with E-state index in [0.717, 1.165) is 13.0 Å². The molecule has 76 valence electrons. The summed E-state index contributed by atoms with van der Waals surface area (Å²) in [6, 6.07) is 14.6. The summed E-state index contributed by atoms with van der Waals surface area (Å²) in [7, 11) is 0. The average Bonchev–Trinajstić information content (AvgIpc) is 2.79. The Morgan fingerprint density at radius 1 is 1.07 bits per heavy atom. The molecule has 0 atom stereocenters. The number of hydrogen-bond acceptors (Lipinski definition) is 2. The molecular formula is C13H13NS. The van der Waals surface area contributed by atoms with Gasteiger partial charge in [0.1, 0.15) is 0 Å². The van der Waals surface area contributed by atoms with Crippen molar-refractivity contribution in [2.24, 2.45) is 4.99 Å². The molecule has 0 bridgehead atoms. The second-order valence-corrected chi connectivity index (χ2v) is 4.27. The maximum absolute atomic E-state index is 4.39. The Hall–Kier alpha value is -1.41. The SMILES string of the molecule is C(=NCCc1ccccc1)c1cccs1. The molecule has 2 rings (SSSR count). The molecule has 0 aliphatic heterocycles. The van der Waals surface area contributed by atoms with Crippen molar-refractivity contribution >= 4 is 17.6 Å². The Kier molecular flexibility index (Phi) is 3.69. The fourth-order valence-electron chi connectivity index (χ4n) is 1.36. The van der Waals surface area contributed by atoms with Crippen LogP contribution in [-0.4, -0.2) is 12.8 Å². The van der Waals surface area contributed by atoms with Crippen molar-refractivity contribution in [3.05, 3.63) is 58.3 Å². The van der Waals surface area contributed by atoms with Gasteiger partial charge in [0.2, 0.25) is 0 Å². The lowest BCUT2D eigenvalue weighted by atomic mass is 10.2. The third kappa shape index (κ3) is 3.33. The van der Waals surface area contributed by atoms with E-state index in [1.807, 2.05) is 18.3 Å². The van der Waals surface area contributed by atoms with E-state index in [9.17, 15) is 0 Å². The third-order valence-corrected chi connectivity index (χ3v) is 2.94. The number of thiophene rings is 1. The second-order valence-electron chi connectivity index (χ2n) is 3.29. The van der Waals surface area contributed by atoms with E-state index in [4.69, 9.17) is 0 Å². The highest BCUT2D eigenvalue weighted by Crippen LogP contribution is 2.05. The van der Waals surface area contributed by atoms with Gasteiger partial charge in [-0.15, -0.1) is 11.3 Å². The highest BCUT2D eigenvalue weighted by atomic mass is 32.1. The van der Waals surface area contributed by atoms with Crippen molar-refractivity contribution in [1.82, 2.24) is 0 Å². The summed E-state index contributed by atoms with van der Waals surface area (Å²) in [4.78, 5) is 5.62. The van der Waals surface area contributed by atoms with Crippen LogP contribution in [0.1, 0.15) is 10.4 Å². The molecule has 2 aromatic rings. The molecule has 0 spiro atoms. The van der Waals surface area contributed by atoms with Crippen LogP contribution in [0.15, 0.2) is 52.8 Å². The molecule has 0 aliphatic carbocycles. The Morgan fingerprint density at radius 2 is 1.93 bits per heavy atom. The van der Waals surface area contributed by atoms with Gasteiger partial charge in [0.25, 0.3) is 0 Å². The van der Waals surface area contributed by atoms with Gasteiger partial charge in [-0.3, -0.25) is 4.99 Å². The number of rotatable bonds is 4. The van der Waals surface area contributed by atoms with E-state index in [1.54, 1.807) is 11.3 Å². The number of hydrogen-bond donors (Lipinski definition) is 0. The summed E-state index contributed by atoms with van der Waals surface area (Å²) in [6.45, 7) is 0.863. The predicted molar refractivity (Wildman–Crippen MR) is 66.9 cm³/mol. The average molecular weight is 215 g/mol. The van der Waals surface area contributed by atoms with Gasteiger partial charge >= 0.3 is 0 Å². The molecule has 0 fully saturated rings. The molecule has 0 N–H and O–H groups in total. The Bertz CT molecular complexity index is 403. The van der Waals surface area contributed by atoms with Gasteiger partial charge < -0.3 is 0 Å². The van der Waals surface area contributed by atoms with E-state index in [0.29, 0.717) is 0 Å². The highest BCUT2D eigenvalue weighted by Gasteiger charge is 1.89. The molecule has 2 heteroatoms. The maximum atomic E-state index is 4.39. The lowest BCUT2D eigenvalue weighted by Crippen LogP contribution is -1.89. The molecule has 1 aromatic heterocycles. The largest absolute Gasteiger partial charge is 0.291 e. The van der Waals surface area contributed by atoms with Crippen molar-refractivity contribution < 1.29 is 0 Å². The van der Waals surface area contributed by atoms with Gasteiger partial charge in [-0.05, 0) is 23.4 Å². The maximum Gasteiger partial charge on any atom is 0.0448 e. The van der Waals surface area contributed by atoms with Crippen LogP contribution < -0.4 is 0 Å². The zero-order valence-corrected chi connectivity index (χ0v) is 9.28. The topological polar surface area (TPSA) is 12.4 Å². The van der Waals surface area contributed by atoms with Crippen LogP contribution in [0.25, 0.3) is 0 Å². The fourth-order valence-corrected chi connectivity index (χ4v) is 1.96. The monoisotopic (exact) mass is 215 g/mol. The Balaban J connectivity index is 1.80. The van der Waals surface area contributed by atoms with E-state index >= 15 is 0 Å². The molecule has 15 heavy (non-hydrogen) atoms. The summed E-state index contributed by atoms with van der Waals surface area (Å²) in [5, 5.41) is 2.07. The lowest BCUT2D eigenvalue weighted by molar-refractivity contribution is 0.974. The molecule has 0 unspecified atom stereocenters. The van der Waals surface area contributed by atoms with Gasteiger partial charge in [-0.25, -0.2) is 0 Å². The van der Waals surface area contributed by atoms with Crippen LogP contribution in [-0.2, 0) is 6.42 Å². The number of aliphatic imine (C=N–C) groups is 1. The molecule has 0 saturated heterocycles. The van der Waals surface area contributed by atoms with Crippen LogP contribution in [0.4, 0.5) is 0 Å². The van der Waals surface area contributed by atoms with Crippen LogP contribution >= 0.6 is 11.3 Å². The molecular weight excluding hydrogens is 202 g/mol. The van der Waals surface area contributed by atoms with Crippen LogP contribution in [0.3, 0.4) is 0 Å². The van der Waals surface area contributed by atoms with Crippen molar-refractivity contribution in [2.75, 3.05) is 6.54 Å². The predicted octanol–water partition coefficient (Wildman–Crippen LogP) is 3.41.